The van der Waals surface area contributed by atoms with Crippen LogP contribution in [-0.4, -0.2) is 20.4 Å². The molecule has 2 aromatic carbocycles. The predicted molar refractivity (Wildman–Crippen MR) is 100 cm³/mol. The highest BCUT2D eigenvalue weighted by Gasteiger charge is 2.18. The number of rotatable bonds is 6. The first-order chi connectivity index (χ1) is 11.7. The molecule has 1 unspecified atom stereocenters. The molecule has 2 rings (SSSR count). The first kappa shape index (κ1) is 19.3. The van der Waals surface area contributed by atoms with Gasteiger partial charge in [-0.2, -0.15) is 0 Å². The van der Waals surface area contributed by atoms with Crippen molar-refractivity contribution in [1.29, 1.82) is 0 Å². The van der Waals surface area contributed by atoms with Gasteiger partial charge in [0.2, 0.25) is 0 Å². The second-order valence-corrected chi connectivity index (χ2v) is 8.21. The van der Waals surface area contributed by atoms with Crippen molar-refractivity contribution in [1.82, 2.24) is 5.32 Å². The van der Waals surface area contributed by atoms with E-state index in [1.807, 2.05) is 20.8 Å². The first-order valence-electron chi connectivity index (χ1n) is 7.89. The molecule has 0 spiro atoms. The summed E-state index contributed by atoms with van der Waals surface area (Å²) in [6, 6.07) is 12.4. The molecule has 2 N–H and O–H groups in total. The molecule has 0 aliphatic rings. The minimum absolute atomic E-state index is 0.00253. The molecule has 1 amide bonds. The lowest BCUT2D eigenvalue weighted by atomic mass is 10.1. The molecule has 0 aliphatic heterocycles. The molecule has 0 aliphatic carbocycles. The largest absolute Gasteiger partial charge is 0.349 e. The zero-order valence-electron chi connectivity index (χ0n) is 14.3. The molecule has 25 heavy (non-hydrogen) atoms. The Hall–Kier alpha value is -2.05. The summed E-state index contributed by atoms with van der Waals surface area (Å²) in [5, 5.41) is 3.15. The molecular formula is C18H21ClN2O3S. The third kappa shape index (κ3) is 4.96. The molecule has 0 heterocycles. The van der Waals surface area contributed by atoms with Crippen molar-refractivity contribution in [3.05, 3.63) is 59.1 Å². The minimum Gasteiger partial charge on any atom is -0.349 e. The van der Waals surface area contributed by atoms with Crippen LogP contribution < -0.4 is 10.0 Å². The molecule has 0 radical (unpaired) electrons. The number of halogens is 1. The number of para-hydroxylation sites is 1. The maximum atomic E-state index is 12.6. The van der Waals surface area contributed by atoms with Gasteiger partial charge in [0.1, 0.15) is 0 Å². The Morgan fingerprint density at radius 3 is 2.36 bits per heavy atom. The van der Waals surface area contributed by atoms with E-state index in [1.165, 1.54) is 18.2 Å². The van der Waals surface area contributed by atoms with Crippen molar-refractivity contribution in [3.8, 4) is 0 Å². The van der Waals surface area contributed by atoms with Crippen LogP contribution in [0.25, 0.3) is 0 Å². The number of sulfonamides is 1. The van der Waals surface area contributed by atoms with Crippen LogP contribution in [0.1, 0.15) is 31.1 Å². The number of hydrogen-bond donors (Lipinski definition) is 2. The summed E-state index contributed by atoms with van der Waals surface area (Å²) in [5.74, 6) is -0.0336. The van der Waals surface area contributed by atoms with Crippen LogP contribution in [0.15, 0.2) is 53.4 Å². The van der Waals surface area contributed by atoms with Gasteiger partial charge in [-0.1, -0.05) is 43.6 Å². The van der Waals surface area contributed by atoms with Gasteiger partial charge in [-0.15, -0.1) is 0 Å². The Morgan fingerprint density at radius 1 is 1.04 bits per heavy atom. The lowest BCUT2D eigenvalue weighted by molar-refractivity contribution is 0.0930. The molecule has 0 saturated heterocycles. The fourth-order valence-electron chi connectivity index (χ4n) is 2.01. The molecule has 0 fully saturated rings. The quantitative estimate of drug-likeness (QED) is 0.797. The molecule has 0 bridgehead atoms. The third-order valence-corrected chi connectivity index (χ3v) is 5.58. The minimum atomic E-state index is -3.85. The summed E-state index contributed by atoms with van der Waals surface area (Å²) in [6.07, 6.45) is 0. The van der Waals surface area contributed by atoms with Gasteiger partial charge in [0, 0.05) is 11.6 Å². The number of amides is 1. The number of anilines is 1. The van der Waals surface area contributed by atoms with Crippen LogP contribution in [0.5, 0.6) is 0 Å². The number of benzene rings is 2. The maximum absolute atomic E-state index is 12.6. The normalized spacial score (nSPS) is 12.7. The summed E-state index contributed by atoms with van der Waals surface area (Å²) >= 11 is 6.00. The van der Waals surface area contributed by atoms with Gasteiger partial charge in [-0.25, -0.2) is 8.42 Å². The van der Waals surface area contributed by atoms with Crippen LogP contribution in [-0.2, 0) is 10.0 Å². The van der Waals surface area contributed by atoms with Crippen LogP contribution in [0.2, 0.25) is 5.02 Å². The average molecular weight is 381 g/mol. The first-order valence-corrected chi connectivity index (χ1v) is 9.75. The van der Waals surface area contributed by atoms with Gasteiger partial charge in [0.25, 0.3) is 15.9 Å². The van der Waals surface area contributed by atoms with Gasteiger partial charge in [0.15, 0.2) is 0 Å². The fourth-order valence-corrected chi connectivity index (χ4v) is 3.37. The van der Waals surface area contributed by atoms with Crippen molar-refractivity contribution in [3.63, 3.8) is 0 Å². The fraction of sp³-hybridized carbons (Fsp3) is 0.278. The molecule has 7 heteroatoms. The second-order valence-electron chi connectivity index (χ2n) is 6.12. The summed E-state index contributed by atoms with van der Waals surface area (Å²) in [7, 11) is -3.85. The molecular weight excluding hydrogens is 360 g/mol. The highest BCUT2D eigenvalue weighted by Crippen LogP contribution is 2.24. The smallest absolute Gasteiger partial charge is 0.261 e. The molecule has 1 atom stereocenters. The Labute approximate surface area is 153 Å². The average Bonchev–Trinajstić information content (AvgIpc) is 2.56. The van der Waals surface area contributed by atoms with Gasteiger partial charge in [-0.3, -0.25) is 9.52 Å². The molecule has 0 saturated carbocycles. The van der Waals surface area contributed by atoms with Crippen LogP contribution in [0, 0.1) is 5.92 Å². The van der Waals surface area contributed by atoms with Crippen molar-refractivity contribution in [2.24, 2.45) is 5.92 Å². The second kappa shape index (κ2) is 7.89. The summed E-state index contributed by atoms with van der Waals surface area (Å²) in [6.45, 7) is 5.90. The van der Waals surface area contributed by atoms with E-state index < -0.39 is 10.0 Å². The summed E-state index contributed by atoms with van der Waals surface area (Å²) in [5.41, 5.74) is 0.571. The summed E-state index contributed by atoms with van der Waals surface area (Å²) < 4.78 is 27.6. The van der Waals surface area contributed by atoms with E-state index in [-0.39, 0.29) is 34.0 Å². The van der Waals surface area contributed by atoms with Crippen molar-refractivity contribution in [2.75, 3.05) is 4.72 Å². The number of carbonyl (C=O) groups is 1. The Balaban J connectivity index is 2.25. The topological polar surface area (TPSA) is 75.3 Å². The standard InChI is InChI=1S/C18H21ClN2O3S/c1-12(2)13(3)20-18(22)14-7-6-8-15(11-14)25(23,24)21-17-10-5-4-9-16(17)19/h4-13,21H,1-3H3,(H,20,22). The van der Waals surface area contributed by atoms with Crippen LogP contribution >= 0.6 is 11.6 Å². The van der Waals surface area contributed by atoms with Gasteiger partial charge >= 0.3 is 0 Å². The van der Waals surface area contributed by atoms with Crippen molar-refractivity contribution in [2.45, 2.75) is 31.7 Å². The lowest BCUT2D eigenvalue weighted by Crippen LogP contribution is -2.36. The zero-order valence-corrected chi connectivity index (χ0v) is 15.9. The van der Waals surface area contributed by atoms with E-state index >= 15 is 0 Å². The monoisotopic (exact) mass is 380 g/mol. The zero-order chi connectivity index (χ0) is 18.6. The lowest BCUT2D eigenvalue weighted by Gasteiger charge is -2.17. The Morgan fingerprint density at radius 2 is 1.72 bits per heavy atom. The highest BCUT2D eigenvalue weighted by atomic mass is 35.5. The van der Waals surface area contributed by atoms with Crippen LogP contribution in [0.4, 0.5) is 5.69 Å². The molecule has 134 valence electrons. The highest BCUT2D eigenvalue weighted by molar-refractivity contribution is 7.92. The number of carbonyl (C=O) groups excluding carboxylic acids is 1. The SMILES string of the molecule is CC(C)C(C)NC(=O)c1cccc(S(=O)(=O)Nc2ccccc2Cl)c1. The Bertz CT molecular complexity index is 866. The number of hydrogen-bond acceptors (Lipinski definition) is 3. The van der Waals surface area contributed by atoms with E-state index in [2.05, 4.69) is 10.0 Å². The van der Waals surface area contributed by atoms with Gasteiger partial charge in [-0.05, 0) is 43.2 Å². The van der Waals surface area contributed by atoms with Gasteiger partial charge in [0.05, 0.1) is 15.6 Å². The maximum Gasteiger partial charge on any atom is 0.261 e. The van der Waals surface area contributed by atoms with Crippen molar-refractivity contribution >= 4 is 33.2 Å². The van der Waals surface area contributed by atoms with E-state index in [4.69, 9.17) is 11.6 Å². The van der Waals surface area contributed by atoms with Crippen molar-refractivity contribution < 1.29 is 13.2 Å². The predicted octanol–water partition coefficient (Wildman–Crippen LogP) is 3.92. The summed E-state index contributed by atoms with van der Waals surface area (Å²) in [4.78, 5) is 12.3. The molecule has 5 nitrogen and oxygen atoms in total. The van der Waals surface area contributed by atoms with Gasteiger partial charge < -0.3 is 5.32 Å². The molecule has 0 aromatic heterocycles. The van der Waals surface area contributed by atoms with E-state index in [0.717, 1.165) is 0 Å². The van der Waals surface area contributed by atoms with E-state index in [1.54, 1.807) is 30.3 Å². The molecule has 2 aromatic rings. The third-order valence-electron chi connectivity index (χ3n) is 3.88. The van der Waals surface area contributed by atoms with E-state index in [9.17, 15) is 13.2 Å². The number of nitrogens with one attached hydrogen (secondary N) is 2. The van der Waals surface area contributed by atoms with E-state index in [0.29, 0.717) is 5.02 Å². The Kier molecular flexibility index (Phi) is 6.08. The van der Waals surface area contributed by atoms with Crippen LogP contribution in [0.3, 0.4) is 0 Å².